The lowest BCUT2D eigenvalue weighted by atomic mass is 10.0. The van der Waals surface area contributed by atoms with Crippen LogP contribution in [0.15, 0.2) is 48.8 Å². The SMILES string of the molecule is NCCCCNC(=O)c1nc(C(=O)N[C@@H](Cc2c[nH]c3ccccc23)C(N)=O)c2cccnc2c1O. The van der Waals surface area contributed by atoms with E-state index in [2.05, 4.69) is 25.6 Å². The highest BCUT2D eigenvalue weighted by Gasteiger charge is 2.26. The van der Waals surface area contributed by atoms with Crippen molar-refractivity contribution in [2.45, 2.75) is 25.3 Å². The van der Waals surface area contributed by atoms with Crippen LogP contribution < -0.4 is 22.1 Å². The molecule has 0 fully saturated rings. The van der Waals surface area contributed by atoms with E-state index in [-0.39, 0.29) is 28.7 Å². The lowest BCUT2D eigenvalue weighted by Crippen LogP contribution is -2.46. The van der Waals surface area contributed by atoms with Crippen LogP contribution in [-0.2, 0) is 11.2 Å². The first-order valence-electron chi connectivity index (χ1n) is 11.5. The van der Waals surface area contributed by atoms with Crippen molar-refractivity contribution in [1.29, 1.82) is 0 Å². The molecule has 0 saturated heterocycles. The Kier molecular flexibility index (Phi) is 7.40. The minimum atomic E-state index is -1.05. The first-order chi connectivity index (χ1) is 17.4. The highest BCUT2D eigenvalue weighted by Crippen LogP contribution is 2.28. The molecule has 4 rings (SSSR count). The second-order valence-electron chi connectivity index (χ2n) is 8.30. The quantitative estimate of drug-likeness (QED) is 0.180. The summed E-state index contributed by atoms with van der Waals surface area (Å²) in [4.78, 5) is 49.7. The maximum atomic E-state index is 13.3. The molecular formula is C25H27N7O4. The van der Waals surface area contributed by atoms with Gasteiger partial charge in [0, 0.05) is 41.6 Å². The molecule has 0 spiro atoms. The number of H-pyrrole nitrogens is 1. The number of primary amides is 1. The average Bonchev–Trinajstić information content (AvgIpc) is 3.29. The van der Waals surface area contributed by atoms with Gasteiger partial charge in [-0.3, -0.25) is 19.4 Å². The van der Waals surface area contributed by atoms with Crippen molar-refractivity contribution in [3.63, 3.8) is 0 Å². The molecule has 0 saturated carbocycles. The first-order valence-corrected chi connectivity index (χ1v) is 11.5. The fourth-order valence-corrected chi connectivity index (χ4v) is 3.98. The van der Waals surface area contributed by atoms with Crippen LogP contribution in [0.2, 0.25) is 0 Å². The largest absolute Gasteiger partial charge is 0.504 e. The third-order valence-electron chi connectivity index (χ3n) is 5.83. The minimum absolute atomic E-state index is 0.0389. The Morgan fingerprint density at radius 1 is 1.03 bits per heavy atom. The number of unbranched alkanes of at least 4 members (excludes halogenated alkanes) is 1. The van der Waals surface area contributed by atoms with Crippen LogP contribution in [0.1, 0.15) is 39.4 Å². The van der Waals surface area contributed by atoms with Gasteiger partial charge in [0.15, 0.2) is 11.4 Å². The Bertz CT molecular complexity index is 1430. The number of fused-ring (bicyclic) bond motifs is 2. The number of rotatable bonds is 10. The maximum absolute atomic E-state index is 13.3. The molecule has 186 valence electrons. The topological polar surface area (TPSA) is 189 Å². The van der Waals surface area contributed by atoms with E-state index in [0.29, 0.717) is 19.5 Å². The number of carbonyl (C=O) groups is 3. The molecule has 3 amide bonds. The highest BCUT2D eigenvalue weighted by atomic mass is 16.3. The normalized spacial score (nSPS) is 11.9. The average molecular weight is 490 g/mol. The second kappa shape index (κ2) is 10.8. The van der Waals surface area contributed by atoms with E-state index in [9.17, 15) is 19.5 Å². The van der Waals surface area contributed by atoms with Gasteiger partial charge in [0.25, 0.3) is 11.8 Å². The van der Waals surface area contributed by atoms with Gasteiger partial charge >= 0.3 is 0 Å². The van der Waals surface area contributed by atoms with E-state index in [1.807, 2.05) is 24.3 Å². The maximum Gasteiger partial charge on any atom is 0.273 e. The Balaban J connectivity index is 1.63. The number of amides is 3. The number of pyridine rings is 2. The van der Waals surface area contributed by atoms with Gasteiger partial charge in [-0.25, -0.2) is 4.98 Å². The Morgan fingerprint density at radius 3 is 2.58 bits per heavy atom. The molecule has 0 unspecified atom stereocenters. The van der Waals surface area contributed by atoms with Gasteiger partial charge in [-0.1, -0.05) is 18.2 Å². The number of nitrogens with zero attached hydrogens (tertiary/aromatic N) is 2. The van der Waals surface area contributed by atoms with E-state index in [1.54, 1.807) is 18.3 Å². The van der Waals surface area contributed by atoms with Gasteiger partial charge in [0.2, 0.25) is 5.91 Å². The number of aromatic nitrogens is 3. The summed E-state index contributed by atoms with van der Waals surface area (Å²) in [7, 11) is 0. The molecule has 1 aromatic carbocycles. The van der Waals surface area contributed by atoms with E-state index < -0.39 is 29.5 Å². The Labute approximate surface area is 206 Å². The Morgan fingerprint density at radius 2 is 1.81 bits per heavy atom. The third kappa shape index (κ3) is 5.10. The van der Waals surface area contributed by atoms with Crippen LogP contribution >= 0.6 is 0 Å². The number of aromatic hydroxyl groups is 1. The van der Waals surface area contributed by atoms with Crippen molar-refractivity contribution in [3.8, 4) is 5.75 Å². The number of nitrogens with one attached hydrogen (secondary N) is 3. The molecule has 3 heterocycles. The summed E-state index contributed by atoms with van der Waals surface area (Å²) in [5.74, 6) is -2.55. The molecule has 0 aliphatic carbocycles. The van der Waals surface area contributed by atoms with Gasteiger partial charge in [0.05, 0.1) is 0 Å². The van der Waals surface area contributed by atoms with Crippen molar-refractivity contribution in [1.82, 2.24) is 25.6 Å². The van der Waals surface area contributed by atoms with E-state index in [0.717, 1.165) is 22.9 Å². The monoisotopic (exact) mass is 489 g/mol. The number of nitrogens with two attached hydrogens (primary N) is 2. The molecule has 1 atom stereocenters. The van der Waals surface area contributed by atoms with E-state index in [1.165, 1.54) is 6.20 Å². The number of aromatic amines is 1. The third-order valence-corrected chi connectivity index (χ3v) is 5.83. The molecule has 11 heteroatoms. The molecule has 0 bridgehead atoms. The molecule has 0 aliphatic rings. The molecule has 0 aliphatic heterocycles. The van der Waals surface area contributed by atoms with Gasteiger partial charge < -0.3 is 32.2 Å². The summed E-state index contributed by atoms with van der Waals surface area (Å²) in [6.45, 7) is 0.816. The lowest BCUT2D eigenvalue weighted by molar-refractivity contribution is -0.119. The standard InChI is InChI=1S/C25H27N7O4/c26-9-3-4-10-29-24(35)21-22(33)19-16(7-5-11-28-19)20(32-21)25(36)31-18(23(27)34)12-14-13-30-17-8-2-1-6-15(14)17/h1-2,5-8,11,13,18,30,33H,3-4,9-10,12,26H2,(H2,27,34)(H,29,35)(H,31,36)/t18-/m0/s1. The molecule has 36 heavy (non-hydrogen) atoms. The number of carbonyl (C=O) groups excluding carboxylic acids is 3. The fourth-order valence-electron chi connectivity index (χ4n) is 3.98. The molecule has 11 nitrogen and oxygen atoms in total. The summed E-state index contributed by atoms with van der Waals surface area (Å²) in [5, 5.41) is 17.1. The van der Waals surface area contributed by atoms with Crippen LogP contribution in [0.4, 0.5) is 0 Å². The Hall–Kier alpha value is -4.51. The minimum Gasteiger partial charge on any atom is -0.504 e. The summed E-state index contributed by atoms with van der Waals surface area (Å²) >= 11 is 0. The zero-order valence-electron chi connectivity index (χ0n) is 19.5. The van der Waals surface area contributed by atoms with Crippen LogP contribution in [-0.4, -0.2) is 56.9 Å². The lowest BCUT2D eigenvalue weighted by Gasteiger charge is -2.17. The van der Waals surface area contributed by atoms with Crippen LogP contribution in [0, 0.1) is 0 Å². The summed E-state index contributed by atoms with van der Waals surface area (Å²) in [6.07, 6.45) is 4.70. The van der Waals surface area contributed by atoms with Crippen molar-refractivity contribution in [2.24, 2.45) is 11.5 Å². The smallest absolute Gasteiger partial charge is 0.273 e. The van der Waals surface area contributed by atoms with Gasteiger partial charge in [-0.15, -0.1) is 0 Å². The van der Waals surface area contributed by atoms with Gasteiger partial charge in [-0.2, -0.15) is 0 Å². The fraction of sp³-hybridized carbons (Fsp3) is 0.240. The summed E-state index contributed by atoms with van der Waals surface area (Å²) in [5.41, 5.74) is 12.3. The molecule has 8 N–H and O–H groups in total. The van der Waals surface area contributed by atoms with E-state index in [4.69, 9.17) is 11.5 Å². The van der Waals surface area contributed by atoms with Crippen molar-refractivity contribution in [3.05, 3.63) is 65.7 Å². The molecule has 4 aromatic rings. The summed E-state index contributed by atoms with van der Waals surface area (Å²) in [6, 6.07) is 9.64. The van der Waals surface area contributed by atoms with Crippen LogP contribution in [0.5, 0.6) is 5.75 Å². The highest BCUT2D eigenvalue weighted by molar-refractivity contribution is 6.10. The van der Waals surface area contributed by atoms with Crippen LogP contribution in [0.25, 0.3) is 21.8 Å². The van der Waals surface area contributed by atoms with Crippen LogP contribution in [0.3, 0.4) is 0 Å². The predicted octanol–water partition coefficient (Wildman–Crippen LogP) is 1.11. The number of benzene rings is 1. The molecule has 3 aromatic heterocycles. The van der Waals surface area contributed by atoms with Crippen molar-refractivity contribution < 1.29 is 19.5 Å². The van der Waals surface area contributed by atoms with Gasteiger partial charge in [-0.05, 0) is 43.1 Å². The van der Waals surface area contributed by atoms with E-state index >= 15 is 0 Å². The zero-order valence-corrected chi connectivity index (χ0v) is 19.5. The second-order valence-corrected chi connectivity index (χ2v) is 8.30. The predicted molar refractivity (Wildman–Crippen MR) is 134 cm³/mol. The zero-order chi connectivity index (χ0) is 25.7. The van der Waals surface area contributed by atoms with Gasteiger partial charge in [0.1, 0.15) is 17.3 Å². The molecular weight excluding hydrogens is 462 g/mol. The van der Waals surface area contributed by atoms with Crippen molar-refractivity contribution >= 4 is 39.5 Å². The number of hydrogen-bond acceptors (Lipinski definition) is 7. The first kappa shape index (κ1) is 24.6. The summed E-state index contributed by atoms with van der Waals surface area (Å²) < 4.78 is 0. The van der Waals surface area contributed by atoms with Crippen molar-refractivity contribution in [2.75, 3.05) is 13.1 Å². The molecule has 0 radical (unpaired) electrons. The number of para-hydroxylation sites is 1. The number of hydrogen-bond donors (Lipinski definition) is 6.